The lowest BCUT2D eigenvalue weighted by atomic mass is 9.75. The van der Waals surface area contributed by atoms with Crippen molar-refractivity contribution >= 4 is 0 Å². The van der Waals surface area contributed by atoms with Gasteiger partial charge in [0.05, 0.1) is 0 Å². The third kappa shape index (κ3) is 4.23. The normalized spacial score (nSPS) is 21.0. The number of hydrogen-bond acceptors (Lipinski definition) is 2. The van der Waals surface area contributed by atoms with Gasteiger partial charge in [0.15, 0.2) is 0 Å². The Balaban J connectivity index is 1.91. The molecule has 134 valence electrons. The maximum absolute atomic E-state index is 5.85. The molecule has 3 rings (SSSR count). The molecule has 3 N–H and O–H groups in total. The second-order valence-corrected chi connectivity index (χ2v) is 7.49. The van der Waals surface area contributed by atoms with E-state index in [0.717, 1.165) is 31.8 Å². The lowest BCUT2D eigenvalue weighted by Gasteiger charge is -2.32. The summed E-state index contributed by atoms with van der Waals surface area (Å²) in [7, 11) is 0. The predicted molar refractivity (Wildman–Crippen MR) is 103 cm³/mol. The van der Waals surface area contributed by atoms with E-state index in [2.05, 4.69) is 79.1 Å². The zero-order chi connectivity index (χ0) is 17.7. The van der Waals surface area contributed by atoms with Crippen molar-refractivity contribution < 1.29 is 10.5 Å². The van der Waals surface area contributed by atoms with E-state index >= 15 is 0 Å². The molecule has 1 atom stereocenters. The molecule has 2 aromatic carbocycles. The van der Waals surface area contributed by atoms with Crippen molar-refractivity contribution in [1.29, 1.82) is 0 Å². The van der Waals surface area contributed by atoms with Crippen molar-refractivity contribution in [3.63, 3.8) is 0 Å². The monoisotopic (exact) mass is 339 g/mol. The topological polar surface area (TPSA) is 40.1 Å². The summed E-state index contributed by atoms with van der Waals surface area (Å²) in [6, 6.07) is 20.2. The van der Waals surface area contributed by atoms with Gasteiger partial charge < -0.3 is 15.4 Å². The van der Waals surface area contributed by atoms with Crippen molar-refractivity contribution in [1.82, 2.24) is 4.90 Å². The van der Waals surface area contributed by atoms with Crippen LogP contribution in [-0.2, 0) is 11.8 Å². The molecule has 25 heavy (non-hydrogen) atoms. The van der Waals surface area contributed by atoms with Gasteiger partial charge in [0.25, 0.3) is 0 Å². The van der Waals surface area contributed by atoms with Gasteiger partial charge in [-0.05, 0) is 56.5 Å². The Labute approximate surface area is 151 Å². The van der Waals surface area contributed by atoms with Gasteiger partial charge in [-0.15, -0.1) is 0 Å². The first kappa shape index (κ1) is 18.0. The van der Waals surface area contributed by atoms with Crippen molar-refractivity contribution in [3.8, 4) is 5.75 Å². The minimum atomic E-state index is 0.162. The molecule has 0 aliphatic carbocycles. The number of benzene rings is 2. The van der Waals surface area contributed by atoms with Gasteiger partial charge >= 0.3 is 0 Å². The van der Waals surface area contributed by atoms with Crippen LogP contribution in [0.4, 0.5) is 0 Å². The first-order chi connectivity index (χ1) is 12.1. The Morgan fingerprint density at radius 2 is 1.92 bits per heavy atom. The predicted octanol–water partition coefficient (Wildman–Crippen LogP) is 2.90. The van der Waals surface area contributed by atoms with E-state index in [9.17, 15) is 0 Å². The molecule has 1 aliphatic heterocycles. The molecule has 0 aromatic heterocycles. The van der Waals surface area contributed by atoms with Crippen LogP contribution in [0.2, 0.25) is 0 Å². The van der Waals surface area contributed by atoms with Crippen molar-refractivity contribution in [2.45, 2.75) is 38.1 Å². The fourth-order valence-electron chi connectivity index (χ4n) is 3.92. The number of quaternary nitrogens is 1. The molecular weight excluding hydrogens is 308 g/mol. The first-order valence-electron chi connectivity index (χ1n) is 9.43. The molecule has 1 unspecified atom stereocenters. The van der Waals surface area contributed by atoms with Gasteiger partial charge in [-0.1, -0.05) is 42.5 Å². The third-order valence-corrected chi connectivity index (χ3v) is 5.36. The van der Waals surface area contributed by atoms with E-state index in [0.29, 0.717) is 12.6 Å². The molecule has 3 heteroatoms. The van der Waals surface area contributed by atoms with Gasteiger partial charge in [-0.3, -0.25) is 0 Å². The number of rotatable bonds is 7. The second-order valence-electron chi connectivity index (χ2n) is 7.49. The molecule has 0 amide bonds. The van der Waals surface area contributed by atoms with Gasteiger partial charge in [-0.25, -0.2) is 0 Å². The van der Waals surface area contributed by atoms with Crippen LogP contribution in [0.5, 0.6) is 5.75 Å². The molecular formula is C22H31N2O+. The fourth-order valence-corrected chi connectivity index (χ4v) is 3.92. The standard InChI is InChI=1S/C22H30N2O/c1-18(2)24-13-11-22(17-24,16-19-7-4-3-5-8-19)20-9-6-10-21(15-20)25-14-12-23/h3-10,15,18H,11-14,16-17,23H2,1-2H3/p+1. The number of ether oxygens (including phenoxy) is 1. The highest BCUT2D eigenvalue weighted by Crippen LogP contribution is 2.39. The van der Waals surface area contributed by atoms with Crippen LogP contribution >= 0.6 is 0 Å². The average Bonchev–Trinajstić information content (AvgIpc) is 3.07. The maximum Gasteiger partial charge on any atom is 0.137 e. The van der Waals surface area contributed by atoms with E-state index in [1.807, 2.05) is 0 Å². The zero-order valence-electron chi connectivity index (χ0n) is 15.6. The van der Waals surface area contributed by atoms with Crippen LogP contribution < -0.4 is 10.5 Å². The Morgan fingerprint density at radius 3 is 2.60 bits per heavy atom. The molecule has 0 radical (unpaired) electrons. The first-order valence-corrected chi connectivity index (χ1v) is 9.43. The quantitative estimate of drug-likeness (QED) is 0.842. The molecule has 3 nitrogen and oxygen atoms in total. The summed E-state index contributed by atoms with van der Waals surface area (Å²) in [5.41, 5.74) is 6.85. The summed E-state index contributed by atoms with van der Waals surface area (Å²) in [6.45, 7) is 8.33. The van der Waals surface area contributed by atoms with E-state index in [-0.39, 0.29) is 5.41 Å². The van der Waals surface area contributed by atoms with Crippen LogP contribution in [0.25, 0.3) is 0 Å². The Morgan fingerprint density at radius 1 is 1.12 bits per heavy atom. The Kier molecular flexibility index (Phi) is 5.77. The summed E-state index contributed by atoms with van der Waals surface area (Å²) in [5, 5.41) is 0. The van der Waals surface area contributed by atoms with Crippen LogP contribution in [0.3, 0.4) is 0 Å². The van der Waals surface area contributed by atoms with E-state index in [1.54, 1.807) is 0 Å². The minimum absolute atomic E-state index is 0.162. The smallest absolute Gasteiger partial charge is 0.137 e. The van der Waals surface area contributed by atoms with Gasteiger partial charge in [-0.2, -0.15) is 0 Å². The molecule has 1 aliphatic rings. The molecule has 1 heterocycles. The van der Waals surface area contributed by atoms with E-state index in [1.165, 1.54) is 17.5 Å². The fraction of sp³-hybridized carbons (Fsp3) is 0.455. The highest BCUT2D eigenvalue weighted by molar-refractivity contribution is 5.37. The van der Waals surface area contributed by atoms with Crippen molar-refractivity contribution in [3.05, 3.63) is 65.7 Å². The number of nitrogens with zero attached hydrogens (tertiary/aromatic N) is 1. The third-order valence-electron chi connectivity index (χ3n) is 5.36. The molecule has 1 saturated heterocycles. The Bertz CT molecular complexity index is 671. The lowest BCUT2D eigenvalue weighted by molar-refractivity contribution is -0.370. The van der Waals surface area contributed by atoms with Crippen molar-refractivity contribution in [2.75, 3.05) is 26.2 Å². The molecule has 2 aromatic rings. The lowest BCUT2D eigenvalue weighted by Crippen LogP contribution is -2.52. The number of likely N-dealkylation sites (tertiary alicyclic amines) is 1. The van der Waals surface area contributed by atoms with Crippen LogP contribution in [0.1, 0.15) is 31.4 Å². The maximum atomic E-state index is 5.85. The van der Waals surface area contributed by atoms with Crippen molar-refractivity contribution in [2.24, 2.45) is 0 Å². The zero-order valence-corrected chi connectivity index (χ0v) is 15.6. The summed E-state index contributed by atoms with van der Waals surface area (Å²) < 4.78 is 5.85. The van der Waals surface area contributed by atoms with E-state index in [4.69, 9.17) is 4.74 Å². The van der Waals surface area contributed by atoms with Crippen LogP contribution in [0, 0.1) is 0 Å². The minimum Gasteiger partial charge on any atom is -0.488 e. The highest BCUT2D eigenvalue weighted by Gasteiger charge is 2.40. The number of hydrogen-bond donors (Lipinski definition) is 1. The van der Waals surface area contributed by atoms with Crippen LogP contribution in [-0.4, -0.2) is 37.2 Å². The van der Waals surface area contributed by atoms with Gasteiger partial charge in [0.1, 0.15) is 18.9 Å². The highest BCUT2D eigenvalue weighted by atomic mass is 16.5. The SMILES string of the molecule is CC(C)N1CCC(Cc2ccccc2)(c2cccc(OCC[NH3+])c2)C1. The van der Waals surface area contributed by atoms with Gasteiger partial charge in [0.2, 0.25) is 0 Å². The summed E-state index contributed by atoms with van der Waals surface area (Å²) in [4.78, 5) is 2.60. The van der Waals surface area contributed by atoms with E-state index < -0.39 is 0 Å². The average molecular weight is 340 g/mol. The largest absolute Gasteiger partial charge is 0.488 e. The molecule has 0 spiro atoms. The van der Waals surface area contributed by atoms with Crippen LogP contribution in [0.15, 0.2) is 54.6 Å². The second kappa shape index (κ2) is 8.03. The van der Waals surface area contributed by atoms with Gasteiger partial charge in [0, 0.05) is 18.0 Å². The molecule has 0 bridgehead atoms. The molecule has 1 fully saturated rings. The Hall–Kier alpha value is -1.84. The molecule has 0 saturated carbocycles. The summed E-state index contributed by atoms with van der Waals surface area (Å²) >= 11 is 0. The summed E-state index contributed by atoms with van der Waals surface area (Å²) in [5.74, 6) is 0.969. The summed E-state index contributed by atoms with van der Waals surface area (Å²) in [6.07, 6.45) is 2.27.